The van der Waals surface area contributed by atoms with E-state index < -0.39 is 17.7 Å². The third kappa shape index (κ3) is 3.52. The van der Waals surface area contributed by atoms with Gasteiger partial charge in [-0.2, -0.15) is 0 Å². The Morgan fingerprint density at radius 3 is 2.64 bits per heavy atom. The molecule has 1 fully saturated rings. The maximum atomic E-state index is 12.9. The smallest absolute Gasteiger partial charge is 0.338 e. The van der Waals surface area contributed by atoms with Crippen molar-refractivity contribution in [3.05, 3.63) is 35.4 Å². The van der Waals surface area contributed by atoms with Crippen LogP contribution < -0.4 is 4.74 Å². The van der Waals surface area contributed by atoms with Gasteiger partial charge in [0, 0.05) is 12.3 Å². The topological polar surface area (TPSA) is 76.0 Å². The number of aliphatic hydroxyl groups is 1. The number of allylic oxidation sites excluding steroid dienone is 1. The molecule has 5 nitrogen and oxygen atoms in total. The van der Waals surface area contributed by atoms with Crippen molar-refractivity contribution < 1.29 is 24.5 Å². The quantitative estimate of drug-likeness (QED) is 0.588. The summed E-state index contributed by atoms with van der Waals surface area (Å²) in [6.45, 7) is 8.35. The average molecular weight is 389 g/mol. The number of esters is 1. The molecule has 2 aliphatic carbocycles. The van der Waals surface area contributed by atoms with Gasteiger partial charge in [0.15, 0.2) is 11.5 Å². The monoisotopic (exact) mass is 388 g/mol. The zero-order valence-corrected chi connectivity index (χ0v) is 17.5. The molecule has 0 aromatic heterocycles. The molecule has 0 spiro atoms. The maximum absolute atomic E-state index is 12.9. The second kappa shape index (κ2) is 7.43. The highest BCUT2D eigenvalue weighted by Crippen LogP contribution is 2.58. The maximum Gasteiger partial charge on any atom is 0.338 e. The Kier molecular flexibility index (Phi) is 5.50. The molecule has 5 heteroatoms. The van der Waals surface area contributed by atoms with Gasteiger partial charge in [-0.05, 0) is 55.7 Å². The molecule has 0 aliphatic heterocycles. The highest BCUT2D eigenvalue weighted by atomic mass is 16.5. The molecule has 4 atom stereocenters. The van der Waals surface area contributed by atoms with Crippen molar-refractivity contribution in [1.82, 2.24) is 0 Å². The number of carbonyl (C=O) groups excluding carboxylic acids is 1. The van der Waals surface area contributed by atoms with Gasteiger partial charge < -0.3 is 19.7 Å². The minimum absolute atomic E-state index is 0.0233. The summed E-state index contributed by atoms with van der Waals surface area (Å²) >= 11 is 0. The molecule has 2 aliphatic rings. The number of hydrogen-bond donors (Lipinski definition) is 2. The molecule has 1 aromatic rings. The van der Waals surface area contributed by atoms with Crippen molar-refractivity contribution in [2.45, 2.75) is 65.1 Å². The molecule has 28 heavy (non-hydrogen) atoms. The molecule has 3 rings (SSSR count). The van der Waals surface area contributed by atoms with Gasteiger partial charge >= 0.3 is 5.97 Å². The average Bonchev–Trinajstić information content (AvgIpc) is 2.85. The fourth-order valence-corrected chi connectivity index (χ4v) is 5.09. The lowest BCUT2D eigenvalue weighted by Gasteiger charge is -2.43. The first-order valence-electron chi connectivity index (χ1n) is 10.1. The zero-order valence-electron chi connectivity index (χ0n) is 17.5. The van der Waals surface area contributed by atoms with Crippen LogP contribution in [0.2, 0.25) is 0 Å². The highest BCUT2D eigenvalue weighted by Gasteiger charge is 2.59. The Bertz CT molecular complexity index is 783. The van der Waals surface area contributed by atoms with Gasteiger partial charge in [-0.15, -0.1) is 0 Å². The molecule has 0 radical (unpaired) electrons. The standard InChI is InChI=1S/C23H32O5/c1-14(2)23(26)11-10-22(4)9-8-15(3)12-19(20(22)23)28-21(25)16-6-7-17(24)18(13-16)27-5/h6-8,13-14,19-20,24,26H,9-12H2,1-5H3/t19-,20-,22-,23+/m0/s1. The lowest BCUT2D eigenvalue weighted by atomic mass is 9.67. The number of benzene rings is 1. The van der Waals surface area contributed by atoms with E-state index in [1.165, 1.54) is 30.9 Å². The predicted octanol–water partition coefficient (Wildman–Crippen LogP) is 4.47. The normalized spacial score (nSPS) is 32.5. The van der Waals surface area contributed by atoms with E-state index in [9.17, 15) is 15.0 Å². The van der Waals surface area contributed by atoms with E-state index in [4.69, 9.17) is 9.47 Å². The molecule has 1 saturated carbocycles. The summed E-state index contributed by atoms with van der Waals surface area (Å²) in [4.78, 5) is 12.9. The summed E-state index contributed by atoms with van der Waals surface area (Å²) < 4.78 is 11.1. The fraction of sp³-hybridized carbons (Fsp3) is 0.609. The summed E-state index contributed by atoms with van der Waals surface area (Å²) in [7, 11) is 1.44. The second-order valence-corrected chi connectivity index (χ2v) is 9.07. The molecule has 0 unspecified atom stereocenters. The third-order valence-electron chi connectivity index (χ3n) is 6.87. The van der Waals surface area contributed by atoms with Crippen LogP contribution in [-0.2, 0) is 4.74 Å². The SMILES string of the molecule is COc1cc(C(=O)O[C@H]2CC(C)=CC[C@@]3(C)CC[C@@](O)(C(C)C)[C@@H]23)ccc1O. The van der Waals surface area contributed by atoms with E-state index in [0.717, 1.165) is 19.3 Å². The van der Waals surface area contributed by atoms with Gasteiger partial charge in [-0.3, -0.25) is 0 Å². The number of ether oxygens (including phenoxy) is 2. The van der Waals surface area contributed by atoms with E-state index in [1.807, 2.05) is 13.8 Å². The van der Waals surface area contributed by atoms with Crippen LogP contribution in [0.15, 0.2) is 29.8 Å². The van der Waals surface area contributed by atoms with Crippen molar-refractivity contribution in [3.63, 3.8) is 0 Å². The lowest BCUT2D eigenvalue weighted by Crippen LogP contribution is -2.50. The van der Waals surface area contributed by atoms with Gasteiger partial charge in [0.2, 0.25) is 0 Å². The second-order valence-electron chi connectivity index (χ2n) is 9.07. The zero-order chi connectivity index (χ0) is 20.7. The third-order valence-corrected chi connectivity index (χ3v) is 6.87. The Hall–Kier alpha value is -2.01. The Balaban J connectivity index is 1.93. The first-order chi connectivity index (χ1) is 13.1. The number of phenolic OH excluding ortho intramolecular Hbond substituents is 1. The molecular weight excluding hydrogens is 356 g/mol. The van der Waals surface area contributed by atoms with Crippen LogP contribution in [0, 0.1) is 17.3 Å². The number of aromatic hydroxyl groups is 1. The minimum Gasteiger partial charge on any atom is -0.504 e. The van der Waals surface area contributed by atoms with Gasteiger partial charge in [-0.1, -0.05) is 32.4 Å². The number of rotatable bonds is 4. The van der Waals surface area contributed by atoms with E-state index in [2.05, 4.69) is 19.9 Å². The van der Waals surface area contributed by atoms with Gasteiger partial charge in [0.25, 0.3) is 0 Å². The lowest BCUT2D eigenvalue weighted by molar-refractivity contribution is -0.112. The molecule has 0 bridgehead atoms. The molecular formula is C23H32O5. The minimum atomic E-state index is -0.856. The molecule has 1 aromatic carbocycles. The van der Waals surface area contributed by atoms with Crippen LogP contribution >= 0.6 is 0 Å². The Morgan fingerprint density at radius 2 is 2.00 bits per heavy atom. The van der Waals surface area contributed by atoms with Crippen LogP contribution in [0.3, 0.4) is 0 Å². The molecule has 0 saturated heterocycles. The van der Waals surface area contributed by atoms with Crippen molar-refractivity contribution in [2.24, 2.45) is 17.3 Å². The van der Waals surface area contributed by atoms with Crippen LogP contribution in [0.5, 0.6) is 11.5 Å². The fourth-order valence-electron chi connectivity index (χ4n) is 5.09. The first kappa shape index (κ1) is 20.7. The number of methoxy groups -OCH3 is 1. The molecule has 0 amide bonds. The largest absolute Gasteiger partial charge is 0.504 e. The van der Waals surface area contributed by atoms with Gasteiger partial charge in [-0.25, -0.2) is 4.79 Å². The predicted molar refractivity (Wildman–Crippen MR) is 107 cm³/mol. The van der Waals surface area contributed by atoms with E-state index in [0.29, 0.717) is 12.0 Å². The molecule has 0 heterocycles. The summed E-state index contributed by atoms with van der Waals surface area (Å²) in [6, 6.07) is 4.44. The first-order valence-corrected chi connectivity index (χ1v) is 10.1. The van der Waals surface area contributed by atoms with E-state index >= 15 is 0 Å². The number of phenols is 1. The molecule has 154 valence electrons. The van der Waals surface area contributed by atoms with E-state index in [1.54, 1.807) is 0 Å². The van der Waals surface area contributed by atoms with Crippen LogP contribution in [0.4, 0.5) is 0 Å². The summed E-state index contributed by atoms with van der Waals surface area (Å²) in [5, 5.41) is 21.3. The van der Waals surface area contributed by atoms with Crippen LogP contribution in [-0.4, -0.2) is 35.0 Å². The summed E-state index contributed by atoms with van der Waals surface area (Å²) in [5.41, 5.74) is 0.551. The highest BCUT2D eigenvalue weighted by molar-refractivity contribution is 5.90. The van der Waals surface area contributed by atoms with Crippen LogP contribution in [0.1, 0.15) is 63.7 Å². The van der Waals surface area contributed by atoms with Crippen molar-refractivity contribution in [3.8, 4) is 11.5 Å². The number of hydrogen-bond acceptors (Lipinski definition) is 5. The molecule has 2 N–H and O–H groups in total. The summed E-state index contributed by atoms with van der Waals surface area (Å²) in [6.07, 6.45) is 4.98. The van der Waals surface area contributed by atoms with Crippen LogP contribution in [0.25, 0.3) is 0 Å². The van der Waals surface area contributed by atoms with E-state index in [-0.39, 0.29) is 28.7 Å². The van der Waals surface area contributed by atoms with Gasteiger partial charge in [0.05, 0.1) is 18.3 Å². The van der Waals surface area contributed by atoms with Gasteiger partial charge in [0.1, 0.15) is 6.10 Å². The van der Waals surface area contributed by atoms with Crippen molar-refractivity contribution in [1.29, 1.82) is 0 Å². The number of carbonyl (C=O) groups is 1. The Morgan fingerprint density at radius 1 is 1.29 bits per heavy atom. The van der Waals surface area contributed by atoms with Crippen molar-refractivity contribution in [2.75, 3.05) is 7.11 Å². The Labute approximate surface area is 167 Å². The number of fused-ring (bicyclic) bond motifs is 1. The van der Waals surface area contributed by atoms with Crippen molar-refractivity contribution >= 4 is 5.97 Å². The summed E-state index contributed by atoms with van der Waals surface area (Å²) in [5.74, 6) is -0.302.